The van der Waals surface area contributed by atoms with Gasteiger partial charge in [-0.15, -0.1) is 0 Å². The summed E-state index contributed by atoms with van der Waals surface area (Å²) in [5.74, 6) is 1.22. The molecule has 116 valence electrons. The molecule has 0 aromatic heterocycles. The van der Waals surface area contributed by atoms with Gasteiger partial charge in [-0.05, 0) is 43.6 Å². The van der Waals surface area contributed by atoms with E-state index in [1.165, 1.54) is 0 Å². The molecule has 5 nitrogen and oxygen atoms in total. The van der Waals surface area contributed by atoms with Crippen LogP contribution in [0.15, 0.2) is 24.3 Å². The molecule has 1 saturated heterocycles. The molecule has 0 aliphatic carbocycles. The largest absolute Gasteiger partial charge is 0.492 e. The maximum absolute atomic E-state index is 11.6. The standard InChI is InChI=1S/C16H25N3O2/c1-18-16(20)14-5-7-19(8-6-14)9-10-21-15-4-2-3-13(11-15)12-17/h2-4,11,14H,5-10,12,17H2,1H3,(H,18,20). The molecule has 1 aromatic carbocycles. The van der Waals surface area contributed by atoms with Crippen LogP contribution in [0.3, 0.4) is 0 Å². The van der Waals surface area contributed by atoms with E-state index in [4.69, 9.17) is 10.5 Å². The maximum Gasteiger partial charge on any atom is 0.222 e. The maximum atomic E-state index is 11.6. The minimum absolute atomic E-state index is 0.171. The summed E-state index contributed by atoms with van der Waals surface area (Å²) in [4.78, 5) is 13.9. The predicted molar refractivity (Wildman–Crippen MR) is 83.1 cm³/mol. The lowest BCUT2D eigenvalue weighted by atomic mass is 9.96. The monoisotopic (exact) mass is 291 g/mol. The molecule has 1 amide bonds. The van der Waals surface area contributed by atoms with Crippen LogP contribution in [0.25, 0.3) is 0 Å². The van der Waals surface area contributed by atoms with Gasteiger partial charge in [0.15, 0.2) is 0 Å². The molecule has 3 N–H and O–H groups in total. The third-order valence-corrected chi connectivity index (χ3v) is 4.02. The van der Waals surface area contributed by atoms with Crippen molar-refractivity contribution in [2.75, 3.05) is 33.3 Å². The molecule has 0 spiro atoms. The molecule has 0 unspecified atom stereocenters. The van der Waals surface area contributed by atoms with Crippen LogP contribution in [0.4, 0.5) is 0 Å². The number of hydrogen-bond donors (Lipinski definition) is 2. The fourth-order valence-corrected chi connectivity index (χ4v) is 2.68. The Morgan fingerprint density at radius 1 is 1.43 bits per heavy atom. The number of nitrogens with zero attached hydrogens (tertiary/aromatic N) is 1. The van der Waals surface area contributed by atoms with Crippen LogP contribution >= 0.6 is 0 Å². The summed E-state index contributed by atoms with van der Waals surface area (Å²) in [6.45, 7) is 4.02. The lowest BCUT2D eigenvalue weighted by molar-refractivity contribution is -0.125. The molecule has 1 fully saturated rings. The molecular formula is C16H25N3O2. The van der Waals surface area contributed by atoms with Crippen molar-refractivity contribution < 1.29 is 9.53 Å². The first-order chi connectivity index (χ1) is 10.2. The first kappa shape index (κ1) is 15.8. The average molecular weight is 291 g/mol. The van der Waals surface area contributed by atoms with Crippen molar-refractivity contribution in [1.82, 2.24) is 10.2 Å². The molecule has 5 heteroatoms. The second-order valence-corrected chi connectivity index (χ2v) is 5.43. The summed E-state index contributed by atoms with van der Waals surface area (Å²) < 4.78 is 5.77. The van der Waals surface area contributed by atoms with Gasteiger partial charge in [-0.25, -0.2) is 0 Å². The Hall–Kier alpha value is -1.59. The third kappa shape index (κ3) is 4.72. The van der Waals surface area contributed by atoms with Gasteiger partial charge in [-0.1, -0.05) is 12.1 Å². The van der Waals surface area contributed by atoms with Crippen molar-refractivity contribution in [3.63, 3.8) is 0 Å². The molecule has 0 saturated carbocycles. The van der Waals surface area contributed by atoms with E-state index in [2.05, 4.69) is 10.2 Å². The van der Waals surface area contributed by atoms with Crippen molar-refractivity contribution >= 4 is 5.91 Å². The van der Waals surface area contributed by atoms with Crippen molar-refractivity contribution in [3.8, 4) is 5.75 Å². The zero-order chi connectivity index (χ0) is 15.1. The van der Waals surface area contributed by atoms with E-state index in [1.54, 1.807) is 7.05 Å². The first-order valence-corrected chi connectivity index (χ1v) is 7.58. The summed E-state index contributed by atoms with van der Waals surface area (Å²) in [6.07, 6.45) is 1.87. The van der Waals surface area contributed by atoms with Gasteiger partial charge in [0.25, 0.3) is 0 Å². The van der Waals surface area contributed by atoms with Gasteiger partial charge < -0.3 is 15.8 Å². The smallest absolute Gasteiger partial charge is 0.222 e. The van der Waals surface area contributed by atoms with E-state index in [-0.39, 0.29) is 11.8 Å². The molecule has 21 heavy (non-hydrogen) atoms. The number of carbonyl (C=O) groups is 1. The zero-order valence-electron chi connectivity index (χ0n) is 12.7. The average Bonchev–Trinajstić information content (AvgIpc) is 2.55. The third-order valence-electron chi connectivity index (χ3n) is 4.02. The second kappa shape index (κ2) is 8.00. The van der Waals surface area contributed by atoms with E-state index >= 15 is 0 Å². The van der Waals surface area contributed by atoms with Crippen LogP contribution in [-0.4, -0.2) is 44.1 Å². The summed E-state index contributed by atoms with van der Waals surface area (Å²) in [5.41, 5.74) is 6.70. The van der Waals surface area contributed by atoms with Crippen LogP contribution in [0, 0.1) is 5.92 Å². The van der Waals surface area contributed by atoms with Crippen molar-refractivity contribution in [3.05, 3.63) is 29.8 Å². The highest BCUT2D eigenvalue weighted by Crippen LogP contribution is 2.17. The van der Waals surface area contributed by atoms with Crippen LogP contribution < -0.4 is 15.8 Å². The second-order valence-electron chi connectivity index (χ2n) is 5.43. The Morgan fingerprint density at radius 3 is 2.86 bits per heavy atom. The lowest BCUT2D eigenvalue weighted by Gasteiger charge is -2.30. The normalized spacial score (nSPS) is 16.7. The highest BCUT2D eigenvalue weighted by Gasteiger charge is 2.23. The first-order valence-electron chi connectivity index (χ1n) is 7.58. The number of nitrogens with one attached hydrogen (secondary N) is 1. The highest BCUT2D eigenvalue weighted by atomic mass is 16.5. The predicted octanol–water partition coefficient (Wildman–Crippen LogP) is 0.982. The molecule has 1 aliphatic heterocycles. The van der Waals surface area contributed by atoms with E-state index < -0.39 is 0 Å². The van der Waals surface area contributed by atoms with Crippen molar-refractivity contribution in [1.29, 1.82) is 0 Å². The Bertz CT molecular complexity index is 457. The zero-order valence-corrected chi connectivity index (χ0v) is 12.7. The number of ether oxygens (including phenoxy) is 1. The Kier molecular flexibility index (Phi) is 6.02. The Labute approximate surface area is 126 Å². The van der Waals surface area contributed by atoms with Gasteiger partial charge in [0.2, 0.25) is 5.91 Å². The van der Waals surface area contributed by atoms with Gasteiger partial charge in [-0.3, -0.25) is 9.69 Å². The number of likely N-dealkylation sites (tertiary alicyclic amines) is 1. The number of rotatable bonds is 6. The molecule has 1 aromatic rings. The molecule has 0 atom stereocenters. The molecule has 1 heterocycles. The van der Waals surface area contributed by atoms with Gasteiger partial charge in [0, 0.05) is 26.1 Å². The Balaban J connectivity index is 1.69. The molecule has 1 aliphatic rings. The highest BCUT2D eigenvalue weighted by molar-refractivity contribution is 5.78. The van der Waals surface area contributed by atoms with E-state index in [9.17, 15) is 4.79 Å². The summed E-state index contributed by atoms with van der Waals surface area (Å²) in [5, 5.41) is 2.73. The van der Waals surface area contributed by atoms with Crippen LogP contribution in [0.1, 0.15) is 18.4 Å². The SMILES string of the molecule is CNC(=O)C1CCN(CCOc2cccc(CN)c2)CC1. The van der Waals surface area contributed by atoms with E-state index in [0.29, 0.717) is 13.2 Å². The summed E-state index contributed by atoms with van der Waals surface area (Å²) in [6, 6.07) is 7.90. The van der Waals surface area contributed by atoms with E-state index in [0.717, 1.165) is 43.8 Å². The van der Waals surface area contributed by atoms with Crippen LogP contribution in [0.2, 0.25) is 0 Å². The lowest BCUT2D eigenvalue weighted by Crippen LogP contribution is -2.41. The minimum atomic E-state index is 0.171. The van der Waals surface area contributed by atoms with Gasteiger partial charge in [-0.2, -0.15) is 0 Å². The number of benzene rings is 1. The number of carbonyl (C=O) groups excluding carboxylic acids is 1. The summed E-state index contributed by atoms with van der Waals surface area (Å²) >= 11 is 0. The number of amides is 1. The number of piperidine rings is 1. The minimum Gasteiger partial charge on any atom is -0.492 e. The topological polar surface area (TPSA) is 67.6 Å². The van der Waals surface area contributed by atoms with Gasteiger partial charge in [0.05, 0.1) is 0 Å². The fourth-order valence-electron chi connectivity index (χ4n) is 2.68. The molecule has 0 bridgehead atoms. The fraction of sp³-hybridized carbons (Fsp3) is 0.562. The summed E-state index contributed by atoms with van der Waals surface area (Å²) in [7, 11) is 1.71. The Morgan fingerprint density at radius 2 is 2.19 bits per heavy atom. The molecular weight excluding hydrogens is 266 g/mol. The van der Waals surface area contributed by atoms with E-state index in [1.807, 2.05) is 24.3 Å². The number of nitrogens with two attached hydrogens (primary N) is 1. The van der Waals surface area contributed by atoms with Crippen LogP contribution in [0.5, 0.6) is 5.75 Å². The van der Waals surface area contributed by atoms with Crippen LogP contribution in [-0.2, 0) is 11.3 Å². The number of hydrogen-bond acceptors (Lipinski definition) is 4. The van der Waals surface area contributed by atoms with Crippen molar-refractivity contribution in [2.45, 2.75) is 19.4 Å². The molecule has 0 radical (unpaired) electrons. The quantitative estimate of drug-likeness (QED) is 0.820. The van der Waals surface area contributed by atoms with Gasteiger partial charge in [0.1, 0.15) is 12.4 Å². The molecule has 2 rings (SSSR count). The van der Waals surface area contributed by atoms with Gasteiger partial charge >= 0.3 is 0 Å². The van der Waals surface area contributed by atoms with Crippen molar-refractivity contribution in [2.24, 2.45) is 11.7 Å².